The highest BCUT2D eigenvalue weighted by Gasteiger charge is 2.58. The van der Waals surface area contributed by atoms with E-state index in [-0.39, 0.29) is 17.5 Å². The maximum Gasteiger partial charge on any atom is 0.237 e. The second-order valence-corrected chi connectivity index (χ2v) is 8.64. The lowest BCUT2D eigenvalue weighted by Gasteiger charge is -2.62. The zero-order valence-electron chi connectivity index (χ0n) is 14.0. The minimum Gasteiger partial charge on any atom is -0.390 e. The minimum absolute atomic E-state index is 0.00361. The van der Waals surface area contributed by atoms with Crippen molar-refractivity contribution in [3.63, 3.8) is 0 Å². The lowest BCUT2D eigenvalue weighted by atomic mass is 9.50. The predicted octanol–water partition coefficient (Wildman–Crippen LogP) is 1.52. The summed E-state index contributed by atoms with van der Waals surface area (Å²) in [6, 6.07) is 2.02. The number of nitriles is 1. The molecule has 3 atom stereocenters. The van der Waals surface area contributed by atoms with Gasteiger partial charge < -0.3 is 10.0 Å². The Kier molecular flexibility index (Phi) is 3.48. The van der Waals surface area contributed by atoms with Crippen LogP contribution in [0.3, 0.4) is 0 Å². The van der Waals surface area contributed by atoms with Gasteiger partial charge in [-0.1, -0.05) is 0 Å². The largest absolute Gasteiger partial charge is 0.390 e. The zero-order valence-corrected chi connectivity index (χ0v) is 14.0. The first-order valence-corrected chi connectivity index (χ1v) is 9.06. The fourth-order valence-electron chi connectivity index (χ4n) is 6.27. The summed E-state index contributed by atoms with van der Waals surface area (Å²) in [5, 5.41) is 20.1. The molecule has 0 aromatic heterocycles. The van der Waals surface area contributed by atoms with E-state index in [0.717, 1.165) is 44.9 Å². The molecule has 1 amide bonds. The van der Waals surface area contributed by atoms with E-state index >= 15 is 0 Å². The number of rotatable bonds is 3. The van der Waals surface area contributed by atoms with Crippen LogP contribution in [0.2, 0.25) is 0 Å². The van der Waals surface area contributed by atoms with Crippen LogP contribution in [0.5, 0.6) is 0 Å². The Morgan fingerprint density at radius 2 is 2.04 bits per heavy atom. The fraction of sp³-hybridized carbons (Fsp3) is 0.889. The van der Waals surface area contributed by atoms with Gasteiger partial charge >= 0.3 is 0 Å². The number of hydrogen-bond donors (Lipinski definition) is 1. The number of aliphatic hydroxyl groups is 1. The third-order valence-corrected chi connectivity index (χ3v) is 6.90. The molecule has 4 aliphatic carbocycles. The van der Waals surface area contributed by atoms with Crippen molar-refractivity contribution in [2.24, 2.45) is 11.8 Å². The second kappa shape index (κ2) is 5.19. The van der Waals surface area contributed by atoms with Gasteiger partial charge in [-0.3, -0.25) is 9.69 Å². The number of nitrogens with zero attached hydrogens (tertiary/aromatic N) is 3. The third kappa shape index (κ3) is 2.47. The van der Waals surface area contributed by atoms with E-state index < -0.39 is 5.60 Å². The molecule has 5 rings (SSSR count). The number of carbonyl (C=O) groups excluding carboxylic acids is 1. The second-order valence-electron chi connectivity index (χ2n) is 8.64. The highest BCUT2D eigenvalue weighted by atomic mass is 16.3. The summed E-state index contributed by atoms with van der Waals surface area (Å²) in [5.41, 5.74) is -0.499. The van der Waals surface area contributed by atoms with Crippen LogP contribution < -0.4 is 0 Å². The van der Waals surface area contributed by atoms with Gasteiger partial charge in [-0.05, 0) is 70.3 Å². The van der Waals surface area contributed by atoms with Crippen LogP contribution in [-0.4, -0.2) is 58.1 Å². The van der Waals surface area contributed by atoms with Crippen molar-refractivity contribution in [2.75, 3.05) is 20.1 Å². The molecule has 4 saturated carbocycles. The summed E-state index contributed by atoms with van der Waals surface area (Å²) in [7, 11) is 2.05. The van der Waals surface area contributed by atoms with Crippen LogP contribution in [0.1, 0.15) is 51.4 Å². The van der Waals surface area contributed by atoms with Gasteiger partial charge in [-0.25, -0.2) is 0 Å². The molecule has 1 aliphatic heterocycles. The highest BCUT2D eigenvalue weighted by Crippen LogP contribution is 2.59. The smallest absolute Gasteiger partial charge is 0.237 e. The van der Waals surface area contributed by atoms with Gasteiger partial charge in [-0.15, -0.1) is 0 Å². The average Bonchev–Trinajstić information content (AvgIpc) is 2.93. The van der Waals surface area contributed by atoms with E-state index in [1.54, 1.807) is 4.90 Å². The summed E-state index contributed by atoms with van der Waals surface area (Å²) < 4.78 is 0. The standard InChI is InChI=1S/C18H27N3O2/c1-20(11-16(22)21-4-2-3-15(21)10-19)17-6-13-5-14(7-17)9-18(23,8-13)12-17/h13-15,23H,2-9,11-12H2,1H3. The first-order valence-electron chi connectivity index (χ1n) is 9.06. The molecule has 0 spiro atoms. The van der Waals surface area contributed by atoms with Gasteiger partial charge in [0.2, 0.25) is 5.91 Å². The normalized spacial score (nSPS) is 44.8. The highest BCUT2D eigenvalue weighted by molar-refractivity contribution is 5.79. The van der Waals surface area contributed by atoms with Gasteiger partial charge in [0.05, 0.1) is 18.2 Å². The number of hydrogen-bond acceptors (Lipinski definition) is 4. The van der Waals surface area contributed by atoms with Crippen molar-refractivity contribution < 1.29 is 9.90 Å². The molecule has 5 aliphatic rings. The average molecular weight is 317 g/mol. The lowest BCUT2D eigenvalue weighted by Crippen LogP contribution is -2.65. The lowest BCUT2D eigenvalue weighted by molar-refractivity contribution is -0.174. The van der Waals surface area contributed by atoms with Crippen molar-refractivity contribution in [3.8, 4) is 6.07 Å². The quantitative estimate of drug-likeness (QED) is 0.857. The molecule has 1 N–H and O–H groups in total. The van der Waals surface area contributed by atoms with E-state index in [4.69, 9.17) is 0 Å². The molecule has 3 unspecified atom stereocenters. The van der Waals surface area contributed by atoms with E-state index in [0.29, 0.717) is 24.9 Å². The molecule has 0 radical (unpaired) electrons. The molecule has 5 fully saturated rings. The first kappa shape index (κ1) is 15.4. The van der Waals surface area contributed by atoms with Crippen molar-refractivity contribution in [1.82, 2.24) is 9.80 Å². The number of carbonyl (C=O) groups is 1. The molecule has 0 aromatic carbocycles. The summed E-state index contributed by atoms with van der Waals surface area (Å²) in [5.74, 6) is 1.33. The van der Waals surface area contributed by atoms with Crippen molar-refractivity contribution in [3.05, 3.63) is 0 Å². The summed E-state index contributed by atoms with van der Waals surface area (Å²) >= 11 is 0. The molecular weight excluding hydrogens is 290 g/mol. The van der Waals surface area contributed by atoms with Crippen LogP contribution >= 0.6 is 0 Å². The Morgan fingerprint density at radius 3 is 2.65 bits per heavy atom. The molecule has 126 valence electrons. The van der Waals surface area contributed by atoms with E-state index in [9.17, 15) is 15.2 Å². The maximum absolute atomic E-state index is 12.7. The van der Waals surface area contributed by atoms with Gasteiger partial charge in [0.1, 0.15) is 6.04 Å². The monoisotopic (exact) mass is 317 g/mol. The van der Waals surface area contributed by atoms with Crippen molar-refractivity contribution in [2.45, 2.75) is 68.5 Å². The predicted molar refractivity (Wildman–Crippen MR) is 85.3 cm³/mol. The SMILES string of the molecule is CN(CC(=O)N1CCCC1C#N)C12CC3CC(CC(O)(C3)C1)C2. The molecule has 1 saturated heterocycles. The Bertz CT molecular complexity index is 541. The first-order chi connectivity index (χ1) is 10.9. The van der Waals surface area contributed by atoms with Crippen LogP contribution in [0.15, 0.2) is 0 Å². The summed E-state index contributed by atoms with van der Waals surface area (Å²) in [6.45, 7) is 1.10. The van der Waals surface area contributed by atoms with Crippen molar-refractivity contribution >= 4 is 5.91 Å². The van der Waals surface area contributed by atoms with E-state index in [2.05, 4.69) is 11.0 Å². The van der Waals surface area contributed by atoms with Crippen LogP contribution in [0.4, 0.5) is 0 Å². The molecule has 5 nitrogen and oxygen atoms in total. The Hall–Kier alpha value is -1.12. The number of amides is 1. The Labute approximate surface area is 138 Å². The molecule has 1 heterocycles. The maximum atomic E-state index is 12.7. The summed E-state index contributed by atoms with van der Waals surface area (Å²) in [4.78, 5) is 16.6. The molecule has 4 bridgehead atoms. The van der Waals surface area contributed by atoms with Gasteiger partial charge in [0.15, 0.2) is 0 Å². The molecule has 5 heteroatoms. The summed E-state index contributed by atoms with van der Waals surface area (Å²) in [6.07, 6.45) is 7.97. The number of likely N-dealkylation sites (tertiary alicyclic amines) is 1. The van der Waals surface area contributed by atoms with Crippen molar-refractivity contribution in [1.29, 1.82) is 5.26 Å². The molecular formula is C18H27N3O2. The van der Waals surface area contributed by atoms with Gasteiger partial charge in [-0.2, -0.15) is 5.26 Å². The van der Waals surface area contributed by atoms with Crippen LogP contribution in [0, 0.1) is 23.2 Å². The Morgan fingerprint density at radius 1 is 1.35 bits per heavy atom. The van der Waals surface area contributed by atoms with E-state index in [1.165, 1.54) is 6.42 Å². The third-order valence-electron chi connectivity index (χ3n) is 6.90. The Balaban J connectivity index is 1.48. The van der Waals surface area contributed by atoms with Gasteiger partial charge in [0.25, 0.3) is 0 Å². The van der Waals surface area contributed by atoms with E-state index in [1.807, 2.05) is 7.05 Å². The molecule has 23 heavy (non-hydrogen) atoms. The zero-order chi connectivity index (χ0) is 16.2. The fourth-order valence-corrected chi connectivity index (χ4v) is 6.27. The topological polar surface area (TPSA) is 67.6 Å². The van der Waals surface area contributed by atoms with Crippen LogP contribution in [-0.2, 0) is 4.79 Å². The minimum atomic E-state index is -0.496. The van der Waals surface area contributed by atoms with Crippen LogP contribution in [0.25, 0.3) is 0 Å². The molecule has 0 aromatic rings. The number of likely N-dealkylation sites (N-methyl/N-ethyl adjacent to an activating group) is 1. The van der Waals surface area contributed by atoms with Gasteiger partial charge in [0, 0.05) is 12.1 Å².